The topological polar surface area (TPSA) is 75.9 Å². The Hall–Kier alpha value is -2.44. The molecule has 2 aromatic rings. The monoisotopic (exact) mass is 260 g/mol. The highest BCUT2D eigenvalue weighted by Crippen LogP contribution is 2.14. The first-order valence-electron chi connectivity index (χ1n) is 5.81. The van der Waals surface area contributed by atoms with E-state index in [-0.39, 0.29) is 5.91 Å². The van der Waals surface area contributed by atoms with Crippen LogP contribution in [0.15, 0.2) is 18.5 Å². The van der Waals surface area contributed by atoms with Crippen LogP contribution in [0.4, 0.5) is 11.6 Å². The molecule has 7 heteroatoms. The van der Waals surface area contributed by atoms with Crippen LogP contribution in [0.1, 0.15) is 16.2 Å². The fraction of sp³-hybridized carbons (Fsp3) is 0.333. The van der Waals surface area contributed by atoms with Crippen LogP contribution in [-0.4, -0.2) is 39.8 Å². The van der Waals surface area contributed by atoms with Crippen LogP contribution in [0.3, 0.4) is 0 Å². The molecule has 0 aromatic carbocycles. The molecule has 19 heavy (non-hydrogen) atoms. The van der Waals surface area contributed by atoms with Crippen LogP contribution in [0, 0.1) is 6.92 Å². The Morgan fingerprint density at radius 3 is 2.74 bits per heavy atom. The Morgan fingerprint density at radius 2 is 2.16 bits per heavy atom. The summed E-state index contributed by atoms with van der Waals surface area (Å²) in [7, 11) is 5.21. The molecule has 2 aromatic heterocycles. The maximum atomic E-state index is 12.3. The molecule has 0 aliphatic carbocycles. The first-order chi connectivity index (χ1) is 9.01. The number of hydrogen-bond acceptors (Lipinski definition) is 5. The summed E-state index contributed by atoms with van der Waals surface area (Å²) in [6.45, 7) is 1.82. The highest BCUT2D eigenvalue weighted by Gasteiger charge is 2.17. The molecule has 0 fully saturated rings. The maximum absolute atomic E-state index is 12.3. The molecule has 0 aliphatic rings. The molecule has 0 aliphatic heterocycles. The normalized spacial score (nSPS) is 10.3. The molecular formula is C12H16N6O. The Balaban J connectivity index is 2.31. The average Bonchev–Trinajstić information content (AvgIpc) is 2.82. The summed E-state index contributed by atoms with van der Waals surface area (Å²) in [6.07, 6.45) is 3.40. The van der Waals surface area contributed by atoms with Gasteiger partial charge in [-0.1, -0.05) is 0 Å². The van der Waals surface area contributed by atoms with Crippen molar-refractivity contribution < 1.29 is 4.79 Å². The molecular weight excluding hydrogens is 244 g/mol. The first kappa shape index (κ1) is 13.0. The van der Waals surface area contributed by atoms with E-state index in [2.05, 4.69) is 20.4 Å². The van der Waals surface area contributed by atoms with E-state index in [1.807, 2.05) is 6.92 Å². The number of nitrogens with zero attached hydrogens (tertiary/aromatic N) is 5. The minimum atomic E-state index is -0.199. The molecule has 1 N–H and O–H groups in total. The van der Waals surface area contributed by atoms with E-state index < -0.39 is 0 Å². The summed E-state index contributed by atoms with van der Waals surface area (Å²) in [5, 5.41) is 6.88. The van der Waals surface area contributed by atoms with Crippen LogP contribution in [-0.2, 0) is 7.05 Å². The van der Waals surface area contributed by atoms with E-state index in [0.717, 1.165) is 11.4 Å². The largest absolute Gasteiger partial charge is 0.357 e. The van der Waals surface area contributed by atoms with Gasteiger partial charge in [-0.2, -0.15) is 5.10 Å². The molecule has 0 atom stereocenters. The van der Waals surface area contributed by atoms with Gasteiger partial charge in [-0.05, 0) is 13.0 Å². The molecule has 100 valence electrons. The van der Waals surface area contributed by atoms with Crippen molar-refractivity contribution in [2.24, 2.45) is 7.05 Å². The highest BCUT2D eigenvalue weighted by molar-refractivity contribution is 6.04. The lowest BCUT2D eigenvalue weighted by molar-refractivity contribution is 0.0988. The number of anilines is 2. The molecule has 0 spiro atoms. The summed E-state index contributed by atoms with van der Waals surface area (Å²) >= 11 is 0. The standard InChI is InChI=1S/C12H16N6O/c1-8-5-10(16-12(13-2)15-8)11(19)18(4)9-6-14-17(3)7-9/h5-7H,1-4H3,(H,13,15,16). The lowest BCUT2D eigenvalue weighted by Gasteiger charge is -2.14. The van der Waals surface area contributed by atoms with Crippen molar-refractivity contribution in [3.63, 3.8) is 0 Å². The first-order valence-corrected chi connectivity index (χ1v) is 5.81. The SMILES string of the molecule is CNc1nc(C)cc(C(=O)N(C)c2cnn(C)c2)n1. The van der Waals surface area contributed by atoms with Crippen LogP contribution >= 0.6 is 0 Å². The van der Waals surface area contributed by atoms with E-state index in [9.17, 15) is 4.79 Å². The van der Waals surface area contributed by atoms with Gasteiger partial charge in [0.25, 0.3) is 5.91 Å². The number of rotatable bonds is 3. The summed E-state index contributed by atoms with van der Waals surface area (Å²) in [5.74, 6) is 0.234. The number of hydrogen-bond donors (Lipinski definition) is 1. The van der Waals surface area contributed by atoms with Crippen LogP contribution in [0.5, 0.6) is 0 Å². The van der Waals surface area contributed by atoms with Crippen molar-refractivity contribution in [2.45, 2.75) is 6.92 Å². The Morgan fingerprint density at radius 1 is 1.42 bits per heavy atom. The van der Waals surface area contributed by atoms with Crippen molar-refractivity contribution >= 4 is 17.5 Å². The molecule has 2 rings (SSSR count). The van der Waals surface area contributed by atoms with Gasteiger partial charge in [0.1, 0.15) is 5.69 Å². The lowest BCUT2D eigenvalue weighted by atomic mass is 10.3. The smallest absolute Gasteiger partial charge is 0.276 e. The number of carbonyl (C=O) groups is 1. The van der Waals surface area contributed by atoms with Crippen LogP contribution in [0.2, 0.25) is 0 Å². The third-order valence-electron chi connectivity index (χ3n) is 2.68. The second-order valence-electron chi connectivity index (χ2n) is 4.20. The second-order valence-corrected chi connectivity index (χ2v) is 4.20. The van der Waals surface area contributed by atoms with Crippen molar-refractivity contribution in [3.05, 3.63) is 29.8 Å². The molecule has 0 saturated heterocycles. The third kappa shape index (κ3) is 2.70. The van der Waals surface area contributed by atoms with Gasteiger partial charge >= 0.3 is 0 Å². The second kappa shape index (κ2) is 5.05. The number of amides is 1. The van der Waals surface area contributed by atoms with E-state index in [1.54, 1.807) is 44.3 Å². The van der Waals surface area contributed by atoms with Crippen LogP contribution < -0.4 is 10.2 Å². The molecule has 7 nitrogen and oxygen atoms in total. The molecule has 0 unspecified atom stereocenters. The fourth-order valence-corrected chi connectivity index (χ4v) is 1.66. The Kier molecular flexibility index (Phi) is 3.46. The summed E-state index contributed by atoms with van der Waals surface area (Å²) < 4.78 is 1.64. The molecule has 0 saturated carbocycles. The van der Waals surface area contributed by atoms with Crippen molar-refractivity contribution in [2.75, 3.05) is 24.3 Å². The van der Waals surface area contributed by atoms with Gasteiger partial charge in [-0.15, -0.1) is 0 Å². The number of nitrogens with one attached hydrogen (secondary N) is 1. The zero-order valence-corrected chi connectivity index (χ0v) is 11.4. The van der Waals surface area contributed by atoms with Crippen LogP contribution in [0.25, 0.3) is 0 Å². The maximum Gasteiger partial charge on any atom is 0.276 e. The van der Waals surface area contributed by atoms with Gasteiger partial charge in [-0.3, -0.25) is 9.48 Å². The Labute approximate surface area is 111 Å². The minimum absolute atomic E-state index is 0.199. The van der Waals surface area contributed by atoms with Gasteiger partial charge in [0.05, 0.1) is 11.9 Å². The Bertz CT molecular complexity index is 606. The van der Waals surface area contributed by atoms with Crippen molar-refractivity contribution in [1.29, 1.82) is 0 Å². The number of carbonyl (C=O) groups excluding carboxylic acids is 1. The van der Waals surface area contributed by atoms with E-state index in [1.165, 1.54) is 4.90 Å². The summed E-state index contributed by atoms with van der Waals surface area (Å²) in [5.41, 5.74) is 1.81. The van der Waals surface area contributed by atoms with Crippen molar-refractivity contribution in [1.82, 2.24) is 19.7 Å². The van der Waals surface area contributed by atoms with Gasteiger partial charge in [-0.25, -0.2) is 9.97 Å². The predicted octanol–water partition coefficient (Wildman–Crippen LogP) is 0.837. The number of aryl methyl sites for hydroxylation is 2. The molecule has 0 radical (unpaired) electrons. The number of aromatic nitrogens is 4. The molecule has 2 heterocycles. The van der Waals surface area contributed by atoms with Crippen molar-refractivity contribution in [3.8, 4) is 0 Å². The van der Waals surface area contributed by atoms with Gasteiger partial charge in [0.2, 0.25) is 5.95 Å². The molecule has 0 bridgehead atoms. The third-order valence-corrected chi connectivity index (χ3v) is 2.68. The van der Waals surface area contributed by atoms with Gasteiger partial charge < -0.3 is 10.2 Å². The zero-order valence-electron chi connectivity index (χ0n) is 11.4. The quantitative estimate of drug-likeness (QED) is 0.885. The van der Waals surface area contributed by atoms with E-state index in [0.29, 0.717) is 11.6 Å². The van der Waals surface area contributed by atoms with Gasteiger partial charge in [0, 0.05) is 33.0 Å². The van der Waals surface area contributed by atoms with Gasteiger partial charge in [0.15, 0.2) is 0 Å². The predicted molar refractivity (Wildman–Crippen MR) is 72.3 cm³/mol. The zero-order chi connectivity index (χ0) is 14.0. The average molecular weight is 260 g/mol. The summed E-state index contributed by atoms with van der Waals surface area (Å²) in [4.78, 5) is 22.2. The fourth-order valence-electron chi connectivity index (χ4n) is 1.66. The lowest BCUT2D eigenvalue weighted by Crippen LogP contribution is -2.27. The molecule has 1 amide bonds. The summed E-state index contributed by atoms with van der Waals surface area (Å²) in [6, 6.07) is 1.66. The van der Waals surface area contributed by atoms with E-state index in [4.69, 9.17) is 0 Å². The minimum Gasteiger partial charge on any atom is -0.357 e. The van der Waals surface area contributed by atoms with E-state index >= 15 is 0 Å². The highest BCUT2D eigenvalue weighted by atomic mass is 16.2.